The number of nitrogens with zero attached hydrogens (tertiary/aromatic N) is 1. The Balaban J connectivity index is 2.16. The van der Waals surface area contributed by atoms with Gasteiger partial charge in [-0.2, -0.15) is 0 Å². The number of rotatable bonds is 2. The van der Waals surface area contributed by atoms with E-state index in [4.69, 9.17) is 10.1 Å². The predicted octanol–water partition coefficient (Wildman–Crippen LogP) is 2.55. The van der Waals surface area contributed by atoms with Crippen molar-refractivity contribution in [1.29, 1.82) is 5.41 Å². The number of carbonyl (C=O) groups excluding carboxylic acids is 1. The average Bonchev–Trinajstić information content (AvgIpc) is 2.82. The van der Waals surface area contributed by atoms with E-state index in [2.05, 4.69) is 0 Å². The monoisotopic (exact) mass is 228 g/mol. The molecule has 1 aromatic carbocycles. The highest BCUT2D eigenvalue weighted by atomic mass is 16.5. The van der Waals surface area contributed by atoms with Gasteiger partial charge in [-0.25, -0.2) is 0 Å². The lowest BCUT2D eigenvalue weighted by Gasteiger charge is -2.08. The maximum Gasteiger partial charge on any atom is 0.298 e. The van der Waals surface area contributed by atoms with E-state index in [1.807, 2.05) is 12.1 Å². The van der Waals surface area contributed by atoms with Gasteiger partial charge in [0.1, 0.15) is 5.75 Å². The van der Waals surface area contributed by atoms with Crippen molar-refractivity contribution < 1.29 is 9.53 Å². The summed E-state index contributed by atoms with van der Waals surface area (Å²) in [5.41, 5.74) is 0.572. The van der Waals surface area contributed by atoms with Crippen molar-refractivity contribution in [3.05, 3.63) is 54.4 Å². The van der Waals surface area contributed by atoms with Crippen molar-refractivity contribution >= 4 is 11.8 Å². The molecule has 0 bridgehead atoms. The molecule has 0 radical (unpaired) electrons. The van der Waals surface area contributed by atoms with E-state index in [1.165, 1.54) is 6.92 Å². The number of nitrogens with one attached hydrogen (secondary N) is 1. The van der Waals surface area contributed by atoms with Crippen LogP contribution in [0, 0.1) is 5.41 Å². The third-order valence-corrected chi connectivity index (χ3v) is 2.29. The Bertz CT molecular complexity index is 544. The number of hydrogen-bond acceptors (Lipinski definition) is 3. The number of ketones is 1. The van der Waals surface area contributed by atoms with Crippen LogP contribution in [0.5, 0.6) is 5.75 Å². The van der Waals surface area contributed by atoms with Crippen LogP contribution in [0.3, 0.4) is 0 Å². The minimum atomic E-state index is -0.0251. The molecule has 0 aliphatic heterocycles. The smallest absolute Gasteiger partial charge is 0.298 e. The zero-order chi connectivity index (χ0) is 12.3. The second kappa shape index (κ2) is 4.65. The number of Topliss-reactive ketones (excluding diaryl/α,β-unsaturated/α-hetero) is 1. The molecule has 0 unspecified atom stereocenters. The number of benzene rings is 1. The van der Waals surface area contributed by atoms with Crippen molar-refractivity contribution in [2.75, 3.05) is 0 Å². The van der Waals surface area contributed by atoms with Crippen LogP contribution in [0.4, 0.5) is 0 Å². The Hall–Kier alpha value is -2.36. The molecule has 0 aliphatic rings. The Morgan fingerprint density at radius 2 is 1.94 bits per heavy atom. The summed E-state index contributed by atoms with van der Waals surface area (Å²) in [4.78, 5) is 11.2. The summed E-state index contributed by atoms with van der Waals surface area (Å²) in [5.74, 6) is 0.458. The standard InChI is InChI=1S/C13H12N2O2/c1-10(16)11-5-4-6-12(9-11)17-13(14)15-7-2-3-8-15/h2-9,14H,1H3. The molecule has 2 rings (SSSR count). The minimum Gasteiger partial charge on any atom is -0.426 e. The van der Waals surface area contributed by atoms with Gasteiger partial charge in [0.25, 0.3) is 6.02 Å². The molecule has 0 fully saturated rings. The molecule has 1 heterocycles. The molecule has 86 valence electrons. The maximum absolute atomic E-state index is 11.2. The first kappa shape index (κ1) is 11.1. The van der Waals surface area contributed by atoms with Gasteiger partial charge in [-0.15, -0.1) is 0 Å². The Labute approximate surface area is 99.0 Å². The molecule has 17 heavy (non-hydrogen) atoms. The topological polar surface area (TPSA) is 55.1 Å². The molecule has 0 aliphatic carbocycles. The zero-order valence-electron chi connectivity index (χ0n) is 9.38. The van der Waals surface area contributed by atoms with Gasteiger partial charge >= 0.3 is 0 Å². The molecule has 0 saturated heterocycles. The molecule has 4 heteroatoms. The van der Waals surface area contributed by atoms with E-state index in [-0.39, 0.29) is 11.8 Å². The van der Waals surface area contributed by atoms with Crippen LogP contribution >= 0.6 is 0 Å². The fourth-order valence-corrected chi connectivity index (χ4v) is 1.41. The lowest BCUT2D eigenvalue weighted by atomic mass is 10.1. The van der Waals surface area contributed by atoms with E-state index in [0.717, 1.165) is 0 Å². The van der Waals surface area contributed by atoms with Gasteiger partial charge in [-0.05, 0) is 31.2 Å². The van der Waals surface area contributed by atoms with Crippen molar-refractivity contribution in [2.45, 2.75) is 6.92 Å². The van der Waals surface area contributed by atoms with Crippen LogP contribution in [0.1, 0.15) is 17.3 Å². The number of aromatic nitrogens is 1. The lowest BCUT2D eigenvalue weighted by molar-refractivity contribution is 0.101. The van der Waals surface area contributed by atoms with Gasteiger partial charge in [0.2, 0.25) is 0 Å². The maximum atomic E-state index is 11.2. The fraction of sp³-hybridized carbons (Fsp3) is 0.0769. The number of carbonyl (C=O) groups is 1. The summed E-state index contributed by atoms with van der Waals surface area (Å²) in [6.45, 7) is 1.50. The molecule has 0 amide bonds. The van der Waals surface area contributed by atoms with Gasteiger partial charge in [0.15, 0.2) is 5.78 Å². The molecule has 1 N–H and O–H groups in total. The predicted molar refractivity (Wildman–Crippen MR) is 64.6 cm³/mol. The third-order valence-electron chi connectivity index (χ3n) is 2.29. The highest BCUT2D eigenvalue weighted by Gasteiger charge is 2.04. The van der Waals surface area contributed by atoms with Crippen molar-refractivity contribution in [3.63, 3.8) is 0 Å². The van der Waals surface area contributed by atoms with E-state index >= 15 is 0 Å². The number of hydrogen-bond donors (Lipinski definition) is 1. The zero-order valence-corrected chi connectivity index (χ0v) is 9.38. The van der Waals surface area contributed by atoms with Crippen LogP contribution in [0.2, 0.25) is 0 Å². The molecule has 0 atom stereocenters. The summed E-state index contributed by atoms with van der Waals surface area (Å²) in [5, 5.41) is 7.72. The quantitative estimate of drug-likeness (QED) is 0.488. The van der Waals surface area contributed by atoms with Gasteiger partial charge in [0, 0.05) is 18.0 Å². The Morgan fingerprint density at radius 1 is 1.24 bits per heavy atom. The van der Waals surface area contributed by atoms with Crippen LogP contribution < -0.4 is 4.74 Å². The molecule has 4 nitrogen and oxygen atoms in total. The minimum absolute atomic E-state index is 0.00398. The average molecular weight is 228 g/mol. The molecular formula is C13H12N2O2. The molecule has 0 saturated carbocycles. The van der Waals surface area contributed by atoms with Gasteiger partial charge in [0.05, 0.1) is 0 Å². The van der Waals surface area contributed by atoms with Crippen LogP contribution in [0.15, 0.2) is 48.8 Å². The van der Waals surface area contributed by atoms with Gasteiger partial charge in [-0.1, -0.05) is 12.1 Å². The molecular weight excluding hydrogens is 216 g/mol. The summed E-state index contributed by atoms with van der Waals surface area (Å²) in [6.07, 6.45) is 3.44. The molecule has 0 spiro atoms. The normalized spacial score (nSPS) is 9.94. The second-order valence-electron chi connectivity index (χ2n) is 3.58. The highest BCUT2D eigenvalue weighted by Crippen LogP contribution is 2.14. The largest absolute Gasteiger partial charge is 0.426 e. The SMILES string of the molecule is CC(=O)c1cccc(OC(=N)n2cccc2)c1. The summed E-state index contributed by atoms with van der Waals surface area (Å²) in [7, 11) is 0. The Morgan fingerprint density at radius 3 is 2.59 bits per heavy atom. The second-order valence-corrected chi connectivity index (χ2v) is 3.58. The van der Waals surface area contributed by atoms with Crippen LogP contribution in [0.25, 0.3) is 0 Å². The van der Waals surface area contributed by atoms with Crippen molar-refractivity contribution in [1.82, 2.24) is 4.57 Å². The lowest BCUT2D eigenvalue weighted by Crippen LogP contribution is -2.15. The highest BCUT2D eigenvalue weighted by molar-refractivity contribution is 5.94. The third kappa shape index (κ3) is 2.60. The first-order valence-electron chi connectivity index (χ1n) is 5.17. The van der Waals surface area contributed by atoms with Crippen LogP contribution in [-0.4, -0.2) is 16.4 Å². The number of ether oxygens (including phenoxy) is 1. The summed E-state index contributed by atoms with van der Waals surface area (Å²) in [6, 6.07) is 10.4. The van der Waals surface area contributed by atoms with E-state index in [0.29, 0.717) is 11.3 Å². The first-order valence-corrected chi connectivity index (χ1v) is 5.17. The Kier molecular flexibility index (Phi) is 3.05. The van der Waals surface area contributed by atoms with Gasteiger partial charge < -0.3 is 4.74 Å². The molecule has 1 aromatic heterocycles. The summed E-state index contributed by atoms with van der Waals surface area (Å²) < 4.78 is 6.89. The fourth-order valence-electron chi connectivity index (χ4n) is 1.41. The van der Waals surface area contributed by atoms with Crippen LogP contribution in [-0.2, 0) is 0 Å². The van der Waals surface area contributed by atoms with E-state index in [9.17, 15) is 4.79 Å². The molecule has 2 aromatic rings. The van der Waals surface area contributed by atoms with Crippen molar-refractivity contribution in [3.8, 4) is 5.75 Å². The van der Waals surface area contributed by atoms with Gasteiger partial charge in [-0.3, -0.25) is 14.8 Å². The van der Waals surface area contributed by atoms with Crippen molar-refractivity contribution in [2.24, 2.45) is 0 Å². The first-order chi connectivity index (χ1) is 8.16. The van der Waals surface area contributed by atoms with E-state index in [1.54, 1.807) is 41.2 Å². The van der Waals surface area contributed by atoms with E-state index < -0.39 is 0 Å². The summed E-state index contributed by atoms with van der Waals surface area (Å²) >= 11 is 0.